The van der Waals surface area contributed by atoms with Crippen LogP contribution in [0, 0.1) is 5.82 Å². The third kappa shape index (κ3) is 2.63. The Balaban J connectivity index is 1.42. The van der Waals surface area contributed by atoms with Crippen molar-refractivity contribution in [3.05, 3.63) is 54.4 Å². The van der Waals surface area contributed by atoms with Gasteiger partial charge in [0, 0.05) is 38.1 Å². The highest BCUT2D eigenvalue weighted by Gasteiger charge is 2.32. The summed E-state index contributed by atoms with van der Waals surface area (Å²) in [6, 6.07) is 7.18. The predicted molar refractivity (Wildman–Crippen MR) is 84.7 cm³/mol. The van der Waals surface area contributed by atoms with E-state index in [1.807, 2.05) is 16.7 Å². The van der Waals surface area contributed by atoms with Crippen molar-refractivity contribution in [1.82, 2.24) is 24.5 Å². The highest BCUT2D eigenvalue weighted by molar-refractivity contribution is 5.64. The van der Waals surface area contributed by atoms with Crippen LogP contribution < -0.4 is 4.90 Å². The minimum Gasteiger partial charge on any atom is -0.350 e. The highest BCUT2D eigenvalue weighted by Crippen LogP contribution is 2.24. The Morgan fingerprint density at radius 1 is 1.35 bits per heavy atom. The van der Waals surface area contributed by atoms with Gasteiger partial charge in [-0.1, -0.05) is 12.1 Å². The van der Waals surface area contributed by atoms with Crippen molar-refractivity contribution < 1.29 is 4.39 Å². The lowest BCUT2D eigenvalue weighted by Gasteiger charge is -2.44. The van der Waals surface area contributed by atoms with Gasteiger partial charge in [-0.2, -0.15) is 0 Å². The molecule has 7 heteroatoms. The topological polar surface area (TPSA) is 49.6 Å². The Hall–Kier alpha value is -2.54. The maximum absolute atomic E-state index is 13.3. The molecule has 1 aliphatic heterocycles. The lowest BCUT2D eigenvalue weighted by atomic mass is 10.1. The first kappa shape index (κ1) is 14.1. The van der Waals surface area contributed by atoms with E-state index in [4.69, 9.17) is 0 Å². The van der Waals surface area contributed by atoms with E-state index in [0.29, 0.717) is 6.04 Å². The van der Waals surface area contributed by atoms with Crippen LogP contribution in [0.1, 0.15) is 5.56 Å². The van der Waals surface area contributed by atoms with E-state index < -0.39 is 0 Å². The molecule has 2 aromatic heterocycles. The lowest BCUT2D eigenvalue weighted by molar-refractivity contribution is 0.197. The minimum absolute atomic E-state index is 0.186. The molecule has 3 aromatic rings. The second-order valence-electron chi connectivity index (χ2n) is 5.92. The Morgan fingerprint density at radius 3 is 3.04 bits per heavy atom. The molecule has 3 heterocycles. The van der Waals surface area contributed by atoms with Gasteiger partial charge in [-0.15, -0.1) is 10.2 Å². The van der Waals surface area contributed by atoms with Crippen LogP contribution in [-0.4, -0.2) is 50.7 Å². The Labute approximate surface area is 133 Å². The molecule has 0 bridgehead atoms. The van der Waals surface area contributed by atoms with Gasteiger partial charge in [0.05, 0.1) is 0 Å². The first-order valence-corrected chi connectivity index (χ1v) is 7.55. The highest BCUT2D eigenvalue weighted by atomic mass is 19.1. The Morgan fingerprint density at radius 2 is 2.22 bits per heavy atom. The summed E-state index contributed by atoms with van der Waals surface area (Å²) in [6.07, 6.45) is 5.27. The molecular formula is C16H17FN6. The summed E-state index contributed by atoms with van der Waals surface area (Å²) in [4.78, 5) is 8.86. The van der Waals surface area contributed by atoms with Crippen molar-refractivity contribution in [3.63, 3.8) is 0 Å². The molecule has 0 spiro atoms. The normalized spacial score (nSPS) is 15.3. The third-order valence-corrected chi connectivity index (χ3v) is 4.30. The van der Waals surface area contributed by atoms with Crippen LogP contribution >= 0.6 is 0 Å². The van der Waals surface area contributed by atoms with Gasteiger partial charge >= 0.3 is 0 Å². The van der Waals surface area contributed by atoms with E-state index in [1.165, 1.54) is 6.07 Å². The maximum Gasteiger partial charge on any atom is 0.203 e. The molecule has 0 saturated carbocycles. The van der Waals surface area contributed by atoms with Gasteiger partial charge in [0.1, 0.15) is 12.1 Å². The molecule has 0 N–H and O–H groups in total. The molecular weight excluding hydrogens is 295 g/mol. The van der Waals surface area contributed by atoms with Crippen molar-refractivity contribution >= 4 is 11.5 Å². The molecule has 0 amide bonds. The number of likely N-dealkylation sites (N-methyl/N-ethyl adjacent to an activating group) is 1. The van der Waals surface area contributed by atoms with E-state index in [-0.39, 0.29) is 5.82 Å². The molecule has 0 aliphatic carbocycles. The van der Waals surface area contributed by atoms with Crippen molar-refractivity contribution in [3.8, 4) is 0 Å². The average molecular weight is 312 g/mol. The smallest absolute Gasteiger partial charge is 0.203 e. The Kier molecular flexibility index (Phi) is 3.42. The third-order valence-electron chi connectivity index (χ3n) is 4.30. The van der Waals surface area contributed by atoms with Crippen LogP contribution in [0.25, 0.3) is 5.65 Å². The summed E-state index contributed by atoms with van der Waals surface area (Å²) < 4.78 is 15.1. The van der Waals surface area contributed by atoms with Crippen LogP contribution in [0.5, 0.6) is 0 Å². The number of nitrogens with zero attached hydrogens (tertiary/aromatic N) is 6. The number of hydrogen-bond donors (Lipinski definition) is 0. The van der Waals surface area contributed by atoms with E-state index >= 15 is 0 Å². The van der Waals surface area contributed by atoms with Gasteiger partial charge < -0.3 is 4.90 Å². The van der Waals surface area contributed by atoms with Crippen LogP contribution in [0.3, 0.4) is 0 Å². The fourth-order valence-electron chi connectivity index (χ4n) is 2.93. The number of benzene rings is 1. The quantitative estimate of drug-likeness (QED) is 0.732. The van der Waals surface area contributed by atoms with Crippen LogP contribution in [0.4, 0.5) is 10.2 Å². The van der Waals surface area contributed by atoms with Crippen molar-refractivity contribution in [2.24, 2.45) is 0 Å². The molecule has 23 heavy (non-hydrogen) atoms. The van der Waals surface area contributed by atoms with E-state index in [9.17, 15) is 4.39 Å². The van der Waals surface area contributed by atoms with E-state index in [1.54, 1.807) is 24.7 Å². The minimum atomic E-state index is -0.186. The standard InChI is InChI=1S/C16H17FN6/c1-21(8-12-3-2-4-13(17)7-12)14-9-23(10-14)15-16-20-19-11-22(16)6-5-18-15/h2-7,11,14H,8-10H2,1H3. The zero-order valence-electron chi connectivity index (χ0n) is 12.8. The van der Waals surface area contributed by atoms with Crippen molar-refractivity contribution in [2.45, 2.75) is 12.6 Å². The molecule has 0 atom stereocenters. The van der Waals surface area contributed by atoms with E-state index in [2.05, 4.69) is 32.0 Å². The number of halogens is 1. The fourth-order valence-corrected chi connectivity index (χ4v) is 2.93. The molecule has 118 valence electrons. The molecule has 0 radical (unpaired) electrons. The van der Waals surface area contributed by atoms with Crippen molar-refractivity contribution in [1.29, 1.82) is 0 Å². The largest absolute Gasteiger partial charge is 0.350 e. The summed E-state index contributed by atoms with van der Waals surface area (Å²) >= 11 is 0. The van der Waals surface area contributed by atoms with Gasteiger partial charge in [0.25, 0.3) is 0 Å². The zero-order valence-corrected chi connectivity index (χ0v) is 12.8. The first-order valence-electron chi connectivity index (χ1n) is 7.55. The summed E-state index contributed by atoms with van der Waals surface area (Å²) in [5.41, 5.74) is 1.77. The molecule has 4 rings (SSSR count). The summed E-state index contributed by atoms with van der Waals surface area (Å²) in [7, 11) is 2.07. The zero-order chi connectivity index (χ0) is 15.8. The number of rotatable bonds is 4. The summed E-state index contributed by atoms with van der Waals surface area (Å²) in [6.45, 7) is 2.50. The lowest BCUT2D eigenvalue weighted by Crippen LogP contribution is -2.58. The molecule has 1 aliphatic rings. The average Bonchev–Trinajstić information content (AvgIpc) is 2.95. The number of aromatic nitrogens is 4. The molecule has 1 saturated heterocycles. The van der Waals surface area contributed by atoms with Gasteiger partial charge in [-0.3, -0.25) is 9.30 Å². The summed E-state index contributed by atoms with van der Waals surface area (Å²) in [5, 5.41) is 8.04. The Bertz CT molecular complexity index is 826. The second kappa shape index (κ2) is 5.58. The maximum atomic E-state index is 13.3. The van der Waals surface area contributed by atoms with Crippen molar-refractivity contribution in [2.75, 3.05) is 25.0 Å². The molecule has 1 aromatic carbocycles. The van der Waals surface area contributed by atoms with Gasteiger partial charge in [-0.25, -0.2) is 9.37 Å². The monoisotopic (exact) mass is 312 g/mol. The predicted octanol–water partition coefficient (Wildman–Crippen LogP) is 1.58. The second-order valence-corrected chi connectivity index (χ2v) is 5.92. The number of anilines is 1. The van der Waals surface area contributed by atoms with Gasteiger partial charge in [0.15, 0.2) is 5.82 Å². The van der Waals surface area contributed by atoms with Gasteiger partial charge in [-0.05, 0) is 24.7 Å². The van der Waals surface area contributed by atoms with Crippen LogP contribution in [0.2, 0.25) is 0 Å². The number of fused-ring (bicyclic) bond motifs is 1. The molecule has 1 fully saturated rings. The SMILES string of the molecule is CN(Cc1cccc(F)c1)C1CN(c2nccn3cnnc23)C1. The van der Waals surface area contributed by atoms with Gasteiger partial charge in [0.2, 0.25) is 5.65 Å². The fraction of sp³-hybridized carbons (Fsp3) is 0.312. The van der Waals surface area contributed by atoms with Crippen LogP contribution in [0.15, 0.2) is 43.0 Å². The number of hydrogen-bond acceptors (Lipinski definition) is 5. The van der Waals surface area contributed by atoms with Crippen LogP contribution in [-0.2, 0) is 6.54 Å². The molecule has 6 nitrogen and oxygen atoms in total. The summed E-state index contributed by atoms with van der Waals surface area (Å²) in [5.74, 6) is 0.675. The molecule has 0 unspecified atom stereocenters. The van der Waals surface area contributed by atoms with E-state index in [0.717, 1.165) is 36.7 Å². The first-order chi connectivity index (χ1) is 11.2.